The highest BCUT2D eigenvalue weighted by molar-refractivity contribution is 6.42. The third-order valence-corrected chi connectivity index (χ3v) is 8.36. The summed E-state index contributed by atoms with van der Waals surface area (Å²) >= 11 is 12.2. The van der Waals surface area contributed by atoms with E-state index in [0.29, 0.717) is 10.0 Å². The van der Waals surface area contributed by atoms with Gasteiger partial charge in [0.15, 0.2) is 12.2 Å². The van der Waals surface area contributed by atoms with Gasteiger partial charge >= 0.3 is 6.03 Å². The maximum atomic E-state index is 12.8. The molecule has 4 aliphatic rings. The fraction of sp³-hybridized carbons (Fsp3) is 0.560. The molecule has 2 saturated heterocycles. The van der Waals surface area contributed by atoms with Gasteiger partial charge in [0, 0.05) is 64.4 Å². The molecule has 0 aliphatic carbocycles. The van der Waals surface area contributed by atoms with Gasteiger partial charge in [0.1, 0.15) is 0 Å². The highest BCUT2D eigenvalue weighted by Gasteiger charge is 2.53. The molecule has 36 heavy (non-hydrogen) atoms. The number of piperazine rings is 1. The number of hydrogen-bond donors (Lipinski definition) is 0. The number of likely N-dealkylation sites (N-methyl/N-ethyl adjacent to an activating group) is 2. The lowest BCUT2D eigenvalue weighted by molar-refractivity contribution is -0.135. The maximum absolute atomic E-state index is 12.8. The van der Waals surface area contributed by atoms with Crippen LogP contribution in [0.1, 0.15) is 26.2 Å². The maximum Gasteiger partial charge on any atom is 0.328 e. The largest absolute Gasteiger partial charge is 0.369 e. The van der Waals surface area contributed by atoms with Gasteiger partial charge in [0.05, 0.1) is 10.0 Å². The Morgan fingerprint density at radius 3 is 2.42 bits per heavy atom. The van der Waals surface area contributed by atoms with Crippen LogP contribution in [-0.4, -0.2) is 108 Å². The molecule has 9 nitrogen and oxygen atoms in total. The van der Waals surface area contributed by atoms with Crippen molar-refractivity contribution in [3.05, 3.63) is 40.1 Å². The zero-order chi connectivity index (χ0) is 25.6. The van der Waals surface area contributed by atoms with E-state index < -0.39 is 12.2 Å². The van der Waals surface area contributed by atoms with Gasteiger partial charge < -0.3 is 19.6 Å². The number of guanidine groups is 1. The van der Waals surface area contributed by atoms with E-state index in [0.717, 1.165) is 75.9 Å². The van der Waals surface area contributed by atoms with Crippen LogP contribution >= 0.6 is 23.2 Å². The van der Waals surface area contributed by atoms with E-state index in [9.17, 15) is 9.59 Å². The van der Waals surface area contributed by atoms with Crippen molar-refractivity contribution in [3.63, 3.8) is 0 Å². The van der Waals surface area contributed by atoms with Crippen LogP contribution in [0.25, 0.3) is 0 Å². The van der Waals surface area contributed by atoms with Crippen LogP contribution in [0.2, 0.25) is 10.0 Å². The van der Waals surface area contributed by atoms with Crippen LogP contribution in [0, 0.1) is 0 Å². The molecule has 2 unspecified atom stereocenters. The first-order valence-corrected chi connectivity index (χ1v) is 13.3. The number of imide groups is 1. The second-order valence-electron chi connectivity index (χ2n) is 9.90. The van der Waals surface area contributed by atoms with Crippen LogP contribution in [0.3, 0.4) is 0 Å². The number of rotatable bonds is 7. The lowest BCUT2D eigenvalue weighted by atomic mass is 10.1. The number of carbonyl (C=O) groups is 2. The van der Waals surface area contributed by atoms with Gasteiger partial charge in [-0.05, 0) is 44.5 Å². The van der Waals surface area contributed by atoms with Crippen molar-refractivity contribution in [1.82, 2.24) is 24.5 Å². The van der Waals surface area contributed by atoms with Crippen molar-refractivity contribution in [2.24, 2.45) is 4.99 Å². The standard InChI is InChI=1S/C25H33Cl2N7O2/c1-17-16-34-21-22(29(2)25(36)30(3)23(21)35)28-24(34)33(17)10-6-4-5-9-31-11-13-32(14-12-31)18-7-8-19(26)20(27)15-18/h7-8,15-16,21-22H,4-6,9-14H2,1-3H3. The van der Waals surface area contributed by atoms with Crippen molar-refractivity contribution in [2.45, 2.75) is 38.4 Å². The molecule has 0 N–H and O–H groups in total. The highest BCUT2D eigenvalue weighted by Crippen LogP contribution is 2.33. The topological polar surface area (TPSA) is 65.9 Å². The number of fused-ring (bicyclic) bond motifs is 3. The minimum absolute atomic E-state index is 0.202. The summed E-state index contributed by atoms with van der Waals surface area (Å²) in [5, 5.41) is 1.19. The molecule has 0 bridgehead atoms. The Labute approximate surface area is 222 Å². The lowest BCUT2D eigenvalue weighted by Gasteiger charge is -2.38. The second-order valence-corrected chi connectivity index (χ2v) is 10.7. The average Bonchev–Trinajstić information content (AvgIpc) is 3.38. The molecule has 4 aliphatic heterocycles. The number of anilines is 1. The normalized spacial score (nSPS) is 24.4. The summed E-state index contributed by atoms with van der Waals surface area (Å²) in [4.78, 5) is 41.7. The Hall–Kier alpha value is -2.49. The van der Waals surface area contributed by atoms with Crippen molar-refractivity contribution < 1.29 is 9.59 Å². The number of carbonyl (C=O) groups excluding carboxylic acids is 2. The SMILES string of the molecule is CC1=CN2C(=NC3C2C(=O)N(C)C(=O)N3C)N1CCCCCN1CCN(c2ccc(Cl)c(Cl)c2)CC1. The summed E-state index contributed by atoms with van der Waals surface area (Å²) in [7, 11) is 3.24. The molecular formula is C25H33Cl2N7O2. The molecule has 11 heteroatoms. The van der Waals surface area contributed by atoms with Gasteiger partial charge in [-0.1, -0.05) is 29.6 Å². The Kier molecular flexibility index (Phi) is 7.07. The fourth-order valence-electron chi connectivity index (χ4n) is 5.46. The Bertz CT molecular complexity index is 1100. The summed E-state index contributed by atoms with van der Waals surface area (Å²) in [6, 6.07) is 5.06. The molecule has 1 aromatic carbocycles. The summed E-state index contributed by atoms with van der Waals surface area (Å²) in [6.45, 7) is 8.04. The van der Waals surface area contributed by atoms with Crippen LogP contribution in [0.4, 0.5) is 10.5 Å². The first-order chi connectivity index (χ1) is 17.3. The van der Waals surface area contributed by atoms with Crippen LogP contribution in [0.15, 0.2) is 35.1 Å². The van der Waals surface area contributed by atoms with E-state index in [-0.39, 0.29) is 11.9 Å². The molecule has 5 rings (SSSR count). The van der Waals surface area contributed by atoms with E-state index in [2.05, 4.69) is 21.6 Å². The molecule has 0 aromatic heterocycles. The van der Waals surface area contributed by atoms with Gasteiger partial charge in [-0.3, -0.25) is 14.6 Å². The van der Waals surface area contributed by atoms with Gasteiger partial charge in [0.25, 0.3) is 5.91 Å². The Morgan fingerprint density at radius 1 is 0.972 bits per heavy atom. The molecule has 0 radical (unpaired) electrons. The number of nitrogens with zero attached hydrogens (tertiary/aromatic N) is 7. The fourth-order valence-corrected chi connectivity index (χ4v) is 5.75. The number of halogens is 2. The summed E-state index contributed by atoms with van der Waals surface area (Å²) < 4.78 is 0. The number of allylic oxidation sites excluding steroid dienone is 1. The van der Waals surface area contributed by atoms with Crippen LogP contribution in [0.5, 0.6) is 0 Å². The molecule has 194 valence electrons. The van der Waals surface area contributed by atoms with Crippen molar-refractivity contribution in [1.29, 1.82) is 0 Å². The van der Waals surface area contributed by atoms with Crippen LogP contribution < -0.4 is 4.90 Å². The molecule has 3 amide bonds. The second kappa shape index (κ2) is 10.1. The Balaban J connectivity index is 1.07. The van der Waals surface area contributed by atoms with Crippen molar-refractivity contribution >= 4 is 46.8 Å². The average molecular weight is 534 g/mol. The highest BCUT2D eigenvalue weighted by atomic mass is 35.5. The number of aliphatic imine (C=N–C) groups is 1. The molecule has 0 spiro atoms. The molecule has 0 saturated carbocycles. The number of urea groups is 1. The molecule has 2 fully saturated rings. The minimum Gasteiger partial charge on any atom is -0.369 e. The third kappa shape index (κ3) is 4.53. The van der Waals surface area contributed by atoms with Crippen molar-refractivity contribution in [2.75, 3.05) is 58.3 Å². The number of amides is 3. The first-order valence-electron chi connectivity index (χ1n) is 12.5. The predicted octanol–water partition coefficient (Wildman–Crippen LogP) is 3.35. The van der Waals surface area contributed by atoms with Crippen LogP contribution in [-0.2, 0) is 4.79 Å². The summed E-state index contributed by atoms with van der Waals surface area (Å²) in [6.07, 6.45) is 4.83. The van der Waals surface area contributed by atoms with Gasteiger partial charge in [0.2, 0.25) is 5.96 Å². The van der Waals surface area contributed by atoms with Crippen molar-refractivity contribution in [3.8, 4) is 0 Å². The van der Waals surface area contributed by atoms with E-state index in [4.69, 9.17) is 28.2 Å². The molecule has 1 aromatic rings. The minimum atomic E-state index is -0.477. The lowest BCUT2D eigenvalue weighted by Crippen LogP contribution is -2.63. The van der Waals surface area contributed by atoms with E-state index in [1.807, 2.05) is 29.3 Å². The summed E-state index contributed by atoms with van der Waals surface area (Å²) in [5.41, 5.74) is 2.21. The van der Waals surface area contributed by atoms with Gasteiger partial charge in [-0.15, -0.1) is 0 Å². The van der Waals surface area contributed by atoms with Gasteiger partial charge in [-0.2, -0.15) is 0 Å². The van der Waals surface area contributed by atoms with E-state index >= 15 is 0 Å². The Morgan fingerprint density at radius 2 is 1.69 bits per heavy atom. The summed E-state index contributed by atoms with van der Waals surface area (Å²) in [5.74, 6) is 0.580. The predicted molar refractivity (Wildman–Crippen MR) is 142 cm³/mol. The third-order valence-electron chi connectivity index (χ3n) is 7.62. The van der Waals surface area contributed by atoms with E-state index in [1.54, 1.807) is 11.9 Å². The quantitative estimate of drug-likeness (QED) is 0.500. The molecule has 4 heterocycles. The number of hydrogen-bond acceptors (Lipinski definition) is 7. The van der Waals surface area contributed by atoms with E-state index in [1.165, 1.54) is 11.9 Å². The zero-order valence-electron chi connectivity index (χ0n) is 21.0. The first kappa shape index (κ1) is 25.2. The monoisotopic (exact) mass is 533 g/mol. The number of unbranched alkanes of at least 4 members (excludes halogenated alkanes) is 2. The number of benzene rings is 1. The van der Waals surface area contributed by atoms with Gasteiger partial charge in [-0.25, -0.2) is 9.79 Å². The molecule has 2 atom stereocenters. The zero-order valence-corrected chi connectivity index (χ0v) is 22.5. The molecular weight excluding hydrogens is 501 g/mol. The smallest absolute Gasteiger partial charge is 0.328 e.